The van der Waals surface area contributed by atoms with Gasteiger partial charge in [-0.1, -0.05) is 0 Å². The van der Waals surface area contributed by atoms with Gasteiger partial charge in [-0.05, 0) is 26.3 Å². The summed E-state index contributed by atoms with van der Waals surface area (Å²) in [5, 5.41) is 6.42. The molecule has 4 heteroatoms. The summed E-state index contributed by atoms with van der Waals surface area (Å²) in [5.74, 6) is 0. The third kappa shape index (κ3) is 2.53. The molecule has 3 nitrogen and oxygen atoms in total. The second-order valence-corrected chi connectivity index (χ2v) is 4.54. The zero-order chi connectivity index (χ0) is 9.80. The highest BCUT2D eigenvalue weighted by atomic mass is 32.1. The molecule has 0 saturated carbocycles. The average molecular weight is 212 g/mol. The number of hydrogen-bond acceptors (Lipinski definition) is 4. The Morgan fingerprint density at radius 3 is 3.29 bits per heavy atom. The fraction of sp³-hybridized carbons (Fsp3) is 0.700. The van der Waals surface area contributed by atoms with Crippen LogP contribution in [0.5, 0.6) is 0 Å². The molecule has 14 heavy (non-hydrogen) atoms. The number of hydrogen-bond donors (Lipinski definition) is 1. The molecule has 1 aromatic heterocycles. The Labute approximate surface area is 88.5 Å². The standard InChI is InChI=1S/C10H16N2OS/c1-8(10-12-5-6-14-10)13-9-3-2-4-11-7-9/h5-6,8-9,11H,2-4,7H2,1H3/t8?,9-/m0/s1. The van der Waals surface area contributed by atoms with Crippen LogP contribution in [0.1, 0.15) is 30.9 Å². The first-order valence-electron chi connectivity index (χ1n) is 5.12. The summed E-state index contributed by atoms with van der Waals surface area (Å²) >= 11 is 1.66. The molecule has 1 aliphatic heterocycles. The first-order valence-corrected chi connectivity index (χ1v) is 6.00. The lowest BCUT2D eigenvalue weighted by molar-refractivity contribution is -0.0150. The Balaban J connectivity index is 1.84. The van der Waals surface area contributed by atoms with E-state index in [0.29, 0.717) is 6.10 Å². The van der Waals surface area contributed by atoms with Gasteiger partial charge in [-0.15, -0.1) is 11.3 Å². The maximum Gasteiger partial charge on any atom is 0.121 e. The van der Waals surface area contributed by atoms with Crippen molar-refractivity contribution in [1.29, 1.82) is 0 Å². The van der Waals surface area contributed by atoms with Gasteiger partial charge in [-0.3, -0.25) is 0 Å². The van der Waals surface area contributed by atoms with Crippen LogP contribution in [-0.2, 0) is 4.74 Å². The van der Waals surface area contributed by atoms with Crippen LogP contribution in [0, 0.1) is 0 Å². The third-order valence-electron chi connectivity index (χ3n) is 2.45. The summed E-state index contributed by atoms with van der Waals surface area (Å²) in [7, 11) is 0. The van der Waals surface area contributed by atoms with Crippen LogP contribution in [0.4, 0.5) is 0 Å². The molecule has 78 valence electrons. The smallest absolute Gasteiger partial charge is 0.121 e. The van der Waals surface area contributed by atoms with Gasteiger partial charge in [0.1, 0.15) is 11.1 Å². The van der Waals surface area contributed by atoms with Crippen LogP contribution >= 0.6 is 11.3 Å². The number of ether oxygens (including phenoxy) is 1. The molecule has 0 bridgehead atoms. The monoisotopic (exact) mass is 212 g/mol. The number of rotatable bonds is 3. The van der Waals surface area contributed by atoms with Crippen molar-refractivity contribution in [2.75, 3.05) is 13.1 Å². The maximum absolute atomic E-state index is 5.92. The summed E-state index contributed by atoms with van der Waals surface area (Å²) in [6, 6.07) is 0. The van der Waals surface area contributed by atoms with Gasteiger partial charge in [0.15, 0.2) is 0 Å². The lowest BCUT2D eigenvalue weighted by Gasteiger charge is -2.25. The molecular formula is C10H16N2OS. The molecule has 1 fully saturated rings. The van der Waals surface area contributed by atoms with Crippen molar-refractivity contribution in [3.05, 3.63) is 16.6 Å². The lowest BCUT2D eigenvalue weighted by Crippen LogP contribution is -2.35. The Morgan fingerprint density at radius 1 is 1.71 bits per heavy atom. The molecule has 0 radical (unpaired) electrons. The minimum atomic E-state index is 0.139. The number of thiazole rings is 1. The first-order chi connectivity index (χ1) is 6.86. The van der Waals surface area contributed by atoms with Crippen molar-refractivity contribution in [1.82, 2.24) is 10.3 Å². The summed E-state index contributed by atoms with van der Waals surface area (Å²) < 4.78 is 5.92. The minimum Gasteiger partial charge on any atom is -0.367 e. The van der Waals surface area contributed by atoms with E-state index in [1.807, 2.05) is 11.6 Å². The van der Waals surface area contributed by atoms with E-state index < -0.39 is 0 Å². The van der Waals surface area contributed by atoms with Crippen LogP contribution in [0.25, 0.3) is 0 Å². The van der Waals surface area contributed by atoms with Crippen LogP contribution in [0.15, 0.2) is 11.6 Å². The van der Waals surface area contributed by atoms with Gasteiger partial charge in [-0.25, -0.2) is 4.98 Å². The molecule has 2 rings (SSSR count). The summed E-state index contributed by atoms with van der Waals surface area (Å²) in [6.07, 6.45) is 4.72. The van der Waals surface area contributed by atoms with Crippen molar-refractivity contribution in [3.8, 4) is 0 Å². The van der Waals surface area contributed by atoms with Gasteiger partial charge in [-0.2, -0.15) is 0 Å². The second kappa shape index (κ2) is 4.87. The first kappa shape index (κ1) is 10.1. The van der Waals surface area contributed by atoms with Crippen molar-refractivity contribution >= 4 is 11.3 Å². The Morgan fingerprint density at radius 2 is 2.64 bits per heavy atom. The molecule has 0 spiro atoms. The van der Waals surface area contributed by atoms with Gasteiger partial charge < -0.3 is 10.1 Å². The van der Waals surface area contributed by atoms with E-state index in [2.05, 4.69) is 17.2 Å². The molecule has 0 amide bonds. The maximum atomic E-state index is 5.92. The zero-order valence-electron chi connectivity index (χ0n) is 8.40. The topological polar surface area (TPSA) is 34.1 Å². The van der Waals surface area contributed by atoms with E-state index in [1.165, 1.54) is 12.8 Å². The average Bonchev–Trinajstić information content (AvgIpc) is 2.72. The predicted molar refractivity (Wildman–Crippen MR) is 57.5 cm³/mol. The molecule has 1 aliphatic rings. The molecule has 2 atom stereocenters. The fourth-order valence-electron chi connectivity index (χ4n) is 1.72. The fourth-order valence-corrected chi connectivity index (χ4v) is 2.35. The number of aromatic nitrogens is 1. The highest BCUT2D eigenvalue weighted by Crippen LogP contribution is 2.22. The second-order valence-electron chi connectivity index (χ2n) is 3.62. The highest BCUT2D eigenvalue weighted by Gasteiger charge is 2.18. The normalized spacial score (nSPS) is 24.8. The van der Waals surface area contributed by atoms with E-state index in [0.717, 1.165) is 18.1 Å². The van der Waals surface area contributed by atoms with Gasteiger partial charge in [0.05, 0.1) is 6.10 Å². The van der Waals surface area contributed by atoms with Crippen LogP contribution < -0.4 is 5.32 Å². The van der Waals surface area contributed by atoms with Crippen LogP contribution in [0.2, 0.25) is 0 Å². The molecule has 0 aliphatic carbocycles. The molecular weight excluding hydrogens is 196 g/mol. The lowest BCUT2D eigenvalue weighted by atomic mass is 10.1. The van der Waals surface area contributed by atoms with E-state index in [-0.39, 0.29) is 6.10 Å². The Bertz CT molecular complexity index is 257. The molecule has 0 aromatic carbocycles. The number of piperidine rings is 1. The van der Waals surface area contributed by atoms with E-state index in [4.69, 9.17) is 4.74 Å². The number of nitrogens with one attached hydrogen (secondary N) is 1. The summed E-state index contributed by atoms with van der Waals surface area (Å²) in [6.45, 7) is 4.19. The molecule has 1 unspecified atom stereocenters. The quantitative estimate of drug-likeness (QED) is 0.832. The van der Waals surface area contributed by atoms with Crippen LogP contribution in [-0.4, -0.2) is 24.2 Å². The van der Waals surface area contributed by atoms with Gasteiger partial charge in [0.2, 0.25) is 0 Å². The molecule has 1 N–H and O–H groups in total. The zero-order valence-corrected chi connectivity index (χ0v) is 9.22. The molecule has 1 saturated heterocycles. The largest absolute Gasteiger partial charge is 0.367 e. The van der Waals surface area contributed by atoms with Crippen molar-refractivity contribution in [2.45, 2.75) is 32.0 Å². The third-order valence-corrected chi connectivity index (χ3v) is 3.38. The summed E-state index contributed by atoms with van der Waals surface area (Å²) in [5.41, 5.74) is 0. The van der Waals surface area contributed by atoms with E-state index >= 15 is 0 Å². The van der Waals surface area contributed by atoms with Crippen molar-refractivity contribution in [3.63, 3.8) is 0 Å². The van der Waals surface area contributed by atoms with Crippen LogP contribution in [0.3, 0.4) is 0 Å². The Hall–Kier alpha value is -0.450. The van der Waals surface area contributed by atoms with Gasteiger partial charge in [0.25, 0.3) is 0 Å². The van der Waals surface area contributed by atoms with E-state index in [1.54, 1.807) is 11.3 Å². The molecule has 2 heterocycles. The van der Waals surface area contributed by atoms with Crippen molar-refractivity contribution in [2.24, 2.45) is 0 Å². The predicted octanol–water partition coefficient (Wildman–Crippen LogP) is 1.97. The highest BCUT2D eigenvalue weighted by molar-refractivity contribution is 7.09. The van der Waals surface area contributed by atoms with Crippen molar-refractivity contribution < 1.29 is 4.74 Å². The minimum absolute atomic E-state index is 0.139. The van der Waals surface area contributed by atoms with Gasteiger partial charge >= 0.3 is 0 Å². The van der Waals surface area contributed by atoms with Gasteiger partial charge in [0, 0.05) is 18.1 Å². The molecule has 1 aromatic rings. The number of nitrogens with zero attached hydrogens (tertiary/aromatic N) is 1. The Kier molecular flexibility index (Phi) is 3.50. The van der Waals surface area contributed by atoms with E-state index in [9.17, 15) is 0 Å². The summed E-state index contributed by atoms with van der Waals surface area (Å²) in [4.78, 5) is 4.25. The SMILES string of the molecule is CC(O[C@H]1CCCNC1)c1nccs1.